The summed E-state index contributed by atoms with van der Waals surface area (Å²) in [5.41, 5.74) is 1.07. The van der Waals surface area contributed by atoms with Gasteiger partial charge in [-0.3, -0.25) is 8.98 Å². The Morgan fingerprint density at radius 1 is 1.40 bits per heavy atom. The zero-order chi connectivity index (χ0) is 11.5. The minimum Gasteiger partial charge on any atom is -0.297 e. The molecule has 0 radical (unpaired) electrons. The molecular formula is C11H14O3S. The average Bonchev–Trinajstić information content (AvgIpc) is 2.16. The Bertz CT molecular complexity index is 443. The fourth-order valence-corrected chi connectivity index (χ4v) is 2.03. The van der Waals surface area contributed by atoms with Gasteiger partial charge in [-0.25, -0.2) is 4.21 Å². The number of hydrogen-bond donors (Lipinski definition) is 0. The van der Waals surface area contributed by atoms with Crippen LogP contribution >= 0.6 is 0 Å². The van der Waals surface area contributed by atoms with Gasteiger partial charge in [0, 0.05) is 0 Å². The van der Waals surface area contributed by atoms with Crippen LogP contribution in [0.2, 0.25) is 0 Å². The van der Waals surface area contributed by atoms with E-state index < -0.39 is 9.80 Å². The van der Waals surface area contributed by atoms with Crippen molar-refractivity contribution in [1.82, 2.24) is 0 Å². The first kappa shape index (κ1) is 11.9. The van der Waals surface area contributed by atoms with E-state index in [1.165, 1.54) is 6.92 Å². The number of carbonyl (C=O) groups excluding carboxylic acids is 1. The Hall–Kier alpha value is -1.13. The fraction of sp³-hybridized carbons (Fsp3) is 0.273. The molecule has 0 bridgehead atoms. The highest BCUT2D eigenvalue weighted by Crippen LogP contribution is 2.12. The number of hydrogen-bond acceptors (Lipinski definition) is 3. The maximum atomic E-state index is 11.9. The lowest BCUT2D eigenvalue weighted by atomic mass is 10.2. The second-order valence-corrected chi connectivity index (χ2v) is 5.33. The van der Waals surface area contributed by atoms with Gasteiger partial charge < -0.3 is 0 Å². The summed E-state index contributed by atoms with van der Waals surface area (Å²) in [7, 11) is -2.79. The summed E-state index contributed by atoms with van der Waals surface area (Å²) in [5.74, 6) is 3.33. The van der Waals surface area contributed by atoms with Gasteiger partial charge in [0.2, 0.25) is 0 Å². The van der Waals surface area contributed by atoms with E-state index in [9.17, 15) is 9.00 Å². The maximum Gasteiger partial charge on any atom is 0.156 e. The molecule has 4 heteroatoms. The molecule has 0 heterocycles. The molecule has 15 heavy (non-hydrogen) atoms. The number of carbonyl (C=O) groups is 1. The monoisotopic (exact) mass is 226 g/mol. The summed E-state index contributed by atoms with van der Waals surface area (Å²) in [4.78, 5) is 11.2. The number of benzene rings is 1. The molecule has 0 fully saturated rings. The van der Waals surface area contributed by atoms with Crippen molar-refractivity contribution in [2.24, 2.45) is 0 Å². The lowest BCUT2D eigenvalue weighted by Crippen LogP contribution is -2.11. The average molecular weight is 226 g/mol. The van der Waals surface area contributed by atoms with Gasteiger partial charge in [-0.15, -0.1) is 0 Å². The van der Waals surface area contributed by atoms with Crippen molar-refractivity contribution >= 4 is 21.5 Å². The van der Waals surface area contributed by atoms with Gasteiger partial charge in [0.1, 0.15) is 16.4 Å². The van der Waals surface area contributed by atoms with Crippen LogP contribution < -0.4 is 0 Å². The van der Waals surface area contributed by atoms with Crippen LogP contribution in [0.3, 0.4) is 0 Å². The van der Waals surface area contributed by atoms with Crippen LogP contribution in [0, 0.1) is 6.92 Å². The van der Waals surface area contributed by atoms with Crippen LogP contribution in [-0.2, 0) is 18.8 Å². The quantitative estimate of drug-likeness (QED) is 0.732. The van der Waals surface area contributed by atoms with Crippen LogP contribution in [0.25, 0.3) is 0 Å². The smallest absolute Gasteiger partial charge is 0.156 e. The SMILES string of the molecule is C=S(=O)(OCC(C)=O)c1ccc(C)cc1. The molecule has 0 amide bonds. The normalized spacial score (nSPS) is 14.5. The number of Topliss-reactive ketones (excluding diaryl/α,β-unsaturated/α-hetero) is 1. The van der Waals surface area contributed by atoms with Crippen molar-refractivity contribution < 1.29 is 13.2 Å². The maximum absolute atomic E-state index is 11.9. The topological polar surface area (TPSA) is 43.4 Å². The van der Waals surface area contributed by atoms with Crippen LogP contribution in [-0.4, -0.2) is 22.5 Å². The first-order chi connectivity index (χ1) is 6.92. The van der Waals surface area contributed by atoms with Gasteiger partial charge in [-0.2, -0.15) is 0 Å². The number of rotatable bonds is 4. The van der Waals surface area contributed by atoms with Gasteiger partial charge >= 0.3 is 0 Å². The molecule has 0 aliphatic carbocycles. The standard InChI is InChI=1S/C11H14O3S/c1-9-4-6-11(7-5-9)15(3,13)14-8-10(2)12/h4-7H,3,8H2,1-2H3. The van der Waals surface area contributed by atoms with Gasteiger partial charge in [-0.05, 0) is 31.9 Å². The molecule has 0 aliphatic rings. The lowest BCUT2D eigenvalue weighted by molar-refractivity contribution is -0.118. The molecule has 0 aromatic heterocycles. The Labute approximate surface area is 90.3 Å². The summed E-state index contributed by atoms with van der Waals surface area (Å²) < 4.78 is 16.9. The van der Waals surface area contributed by atoms with Crippen molar-refractivity contribution in [3.05, 3.63) is 29.8 Å². The van der Waals surface area contributed by atoms with Crippen molar-refractivity contribution in [2.45, 2.75) is 18.7 Å². The second-order valence-electron chi connectivity index (χ2n) is 3.39. The van der Waals surface area contributed by atoms with E-state index in [0.717, 1.165) is 5.56 Å². The van der Waals surface area contributed by atoms with E-state index in [0.29, 0.717) is 4.90 Å². The Balaban J connectivity index is 2.87. The van der Waals surface area contributed by atoms with Crippen molar-refractivity contribution in [1.29, 1.82) is 0 Å². The Morgan fingerprint density at radius 3 is 2.40 bits per heavy atom. The second kappa shape index (κ2) is 4.59. The Kier molecular flexibility index (Phi) is 3.66. The first-order valence-electron chi connectivity index (χ1n) is 4.49. The summed E-state index contributed by atoms with van der Waals surface area (Å²) in [6, 6.07) is 7.06. The van der Waals surface area contributed by atoms with Crippen molar-refractivity contribution in [3.63, 3.8) is 0 Å². The number of aryl methyl sites for hydroxylation is 1. The van der Waals surface area contributed by atoms with Crippen LogP contribution in [0.15, 0.2) is 29.2 Å². The summed E-state index contributed by atoms with van der Waals surface area (Å²) in [6.07, 6.45) is 0. The highest BCUT2D eigenvalue weighted by molar-refractivity contribution is 7.96. The molecule has 0 N–H and O–H groups in total. The fourth-order valence-electron chi connectivity index (χ4n) is 0.992. The third-order valence-electron chi connectivity index (χ3n) is 1.83. The molecule has 0 spiro atoms. The molecule has 1 rings (SSSR count). The van der Waals surface area contributed by atoms with E-state index in [4.69, 9.17) is 4.18 Å². The van der Waals surface area contributed by atoms with Crippen molar-refractivity contribution in [3.8, 4) is 0 Å². The molecule has 0 saturated carbocycles. The minimum atomic E-state index is -2.79. The highest BCUT2D eigenvalue weighted by atomic mass is 32.2. The molecule has 82 valence electrons. The summed E-state index contributed by atoms with van der Waals surface area (Å²) in [5, 5.41) is 0. The Morgan fingerprint density at radius 2 is 1.93 bits per heavy atom. The predicted molar refractivity (Wildman–Crippen MR) is 61.3 cm³/mol. The molecule has 1 atom stereocenters. The van der Waals surface area contributed by atoms with E-state index in [2.05, 4.69) is 5.87 Å². The van der Waals surface area contributed by atoms with Gasteiger partial charge in [-0.1, -0.05) is 17.7 Å². The highest BCUT2D eigenvalue weighted by Gasteiger charge is 2.08. The van der Waals surface area contributed by atoms with Gasteiger partial charge in [0.15, 0.2) is 5.78 Å². The molecular weight excluding hydrogens is 212 g/mol. The molecule has 1 aromatic rings. The lowest BCUT2D eigenvalue weighted by Gasteiger charge is -2.08. The van der Waals surface area contributed by atoms with Crippen LogP contribution in [0.4, 0.5) is 0 Å². The number of ketones is 1. The van der Waals surface area contributed by atoms with E-state index in [1.807, 2.05) is 19.1 Å². The minimum absolute atomic E-state index is 0.168. The van der Waals surface area contributed by atoms with Crippen molar-refractivity contribution in [2.75, 3.05) is 6.61 Å². The van der Waals surface area contributed by atoms with Crippen LogP contribution in [0.1, 0.15) is 12.5 Å². The zero-order valence-electron chi connectivity index (χ0n) is 8.86. The molecule has 0 aliphatic heterocycles. The third kappa shape index (κ3) is 3.49. The molecule has 0 saturated heterocycles. The van der Waals surface area contributed by atoms with E-state index in [-0.39, 0.29) is 12.4 Å². The molecule has 1 unspecified atom stereocenters. The predicted octanol–water partition coefficient (Wildman–Crippen LogP) is 1.59. The zero-order valence-corrected chi connectivity index (χ0v) is 9.67. The van der Waals surface area contributed by atoms with Gasteiger partial charge in [0.25, 0.3) is 0 Å². The summed E-state index contributed by atoms with van der Waals surface area (Å²) in [6.45, 7) is 3.14. The van der Waals surface area contributed by atoms with E-state index >= 15 is 0 Å². The third-order valence-corrected chi connectivity index (χ3v) is 3.32. The first-order valence-corrected chi connectivity index (χ1v) is 6.15. The largest absolute Gasteiger partial charge is 0.297 e. The van der Waals surface area contributed by atoms with E-state index in [1.54, 1.807) is 12.1 Å². The van der Waals surface area contributed by atoms with Crippen LogP contribution in [0.5, 0.6) is 0 Å². The molecule has 1 aromatic carbocycles. The summed E-state index contributed by atoms with van der Waals surface area (Å²) >= 11 is 0. The van der Waals surface area contributed by atoms with Gasteiger partial charge in [0.05, 0.1) is 4.90 Å². The molecule has 3 nitrogen and oxygen atoms in total.